The molecule has 1 aromatic carbocycles. The minimum atomic E-state index is -0.492. The second-order valence-electron chi connectivity index (χ2n) is 5.61. The van der Waals surface area contributed by atoms with Gasteiger partial charge in [0.25, 0.3) is 0 Å². The van der Waals surface area contributed by atoms with E-state index in [2.05, 4.69) is 20.2 Å². The maximum Gasteiger partial charge on any atom is 0.407 e. The van der Waals surface area contributed by atoms with Crippen LogP contribution in [0.15, 0.2) is 35.5 Å². The Morgan fingerprint density at radius 2 is 1.93 bits per heavy atom. The van der Waals surface area contributed by atoms with E-state index in [9.17, 15) is 4.79 Å². The molecule has 0 bridgehead atoms. The number of amides is 1. The second-order valence-corrected chi connectivity index (χ2v) is 5.61. The van der Waals surface area contributed by atoms with Crippen LogP contribution in [0, 0.1) is 6.92 Å². The summed E-state index contributed by atoms with van der Waals surface area (Å²) >= 11 is 0. The zero-order valence-electron chi connectivity index (χ0n) is 16.0. The van der Waals surface area contributed by atoms with Gasteiger partial charge in [0.05, 0.1) is 32.6 Å². The molecule has 0 aliphatic heterocycles. The highest BCUT2D eigenvalue weighted by Crippen LogP contribution is 2.22. The molecule has 0 saturated heterocycles. The second kappa shape index (κ2) is 9.42. The Labute approximate surface area is 158 Å². The highest BCUT2D eigenvalue weighted by Gasteiger charge is 2.11. The Balaban J connectivity index is 2.16. The Hall–Kier alpha value is -3.29. The maximum atomic E-state index is 11.2. The first-order valence-corrected chi connectivity index (χ1v) is 8.20. The number of ether oxygens (including phenoxy) is 3. The summed E-state index contributed by atoms with van der Waals surface area (Å²) in [7, 11) is 4.39. The number of aromatic nitrogens is 1. The molecule has 1 N–H and O–H groups in total. The van der Waals surface area contributed by atoms with Crippen LogP contribution in [0.4, 0.5) is 4.79 Å². The summed E-state index contributed by atoms with van der Waals surface area (Å²) in [5.41, 5.74) is 3.20. The number of carbonyl (C=O) groups excluding carboxylic acids is 1. The fourth-order valence-corrected chi connectivity index (χ4v) is 2.27. The average Bonchev–Trinajstić information content (AvgIpc) is 2.70. The van der Waals surface area contributed by atoms with E-state index in [4.69, 9.17) is 14.3 Å². The number of nitrogens with one attached hydrogen (secondary N) is 1. The van der Waals surface area contributed by atoms with Crippen molar-refractivity contribution < 1.29 is 23.8 Å². The summed E-state index contributed by atoms with van der Waals surface area (Å²) < 4.78 is 15.0. The van der Waals surface area contributed by atoms with Gasteiger partial charge in [0.1, 0.15) is 0 Å². The van der Waals surface area contributed by atoms with Crippen LogP contribution in [-0.4, -0.2) is 38.1 Å². The number of carbonyl (C=O) groups is 1. The first kappa shape index (κ1) is 20.0. The van der Waals surface area contributed by atoms with E-state index in [1.807, 2.05) is 19.1 Å². The van der Waals surface area contributed by atoms with Crippen molar-refractivity contribution in [2.24, 2.45) is 5.16 Å². The molecule has 2 rings (SSSR count). The summed E-state index contributed by atoms with van der Waals surface area (Å²) in [4.78, 5) is 21.0. The van der Waals surface area contributed by atoms with Gasteiger partial charge >= 0.3 is 6.09 Å². The van der Waals surface area contributed by atoms with Crippen molar-refractivity contribution in [2.45, 2.75) is 20.4 Å². The molecule has 8 nitrogen and oxygen atoms in total. The van der Waals surface area contributed by atoms with Crippen molar-refractivity contribution in [3.63, 3.8) is 0 Å². The molecule has 0 fully saturated rings. The van der Waals surface area contributed by atoms with Gasteiger partial charge in [-0.2, -0.15) is 4.98 Å². The predicted molar refractivity (Wildman–Crippen MR) is 101 cm³/mol. The topological polar surface area (TPSA) is 91.3 Å². The van der Waals surface area contributed by atoms with Crippen molar-refractivity contribution in [3.8, 4) is 17.5 Å². The molecule has 1 aromatic heterocycles. The normalized spacial score (nSPS) is 10.9. The molecule has 0 saturated carbocycles. The molecular formula is C19H23N3O5. The molecule has 0 radical (unpaired) electrons. The van der Waals surface area contributed by atoms with Gasteiger partial charge in [0.2, 0.25) is 11.8 Å². The van der Waals surface area contributed by atoms with Crippen LogP contribution in [0.1, 0.15) is 23.6 Å². The largest absolute Gasteiger partial charge is 0.481 e. The van der Waals surface area contributed by atoms with Gasteiger partial charge in [-0.1, -0.05) is 11.2 Å². The van der Waals surface area contributed by atoms with E-state index in [0.717, 1.165) is 11.1 Å². The first-order chi connectivity index (χ1) is 13.0. The fraction of sp³-hybridized carbons (Fsp3) is 0.316. The molecule has 27 heavy (non-hydrogen) atoms. The monoisotopic (exact) mass is 373 g/mol. The van der Waals surface area contributed by atoms with E-state index in [-0.39, 0.29) is 0 Å². The minimum absolute atomic E-state index is 0.328. The zero-order valence-corrected chi connectivity index (χ0v) is 16.0. The van der Waals surface area contributed by atoms with Crippen molar-refractivity contribution in [1.82, 2.24) is 10.3 Å². The Bertz CT molecular complexity index is 836. The molecule has 2 aromatic rings. The van der Waals surface area contributed by atoms with E-state index in [0.29, 0.717) is 35.3 Å². The van der Waals surface area contributed by atoms with Gasteiger partial charge in [0, 0.05) is 12.6 Å². The highest BCUT2D eigenvalue weighted by molar-refractivity contribution is 6.00. The summed E-state index contributed by atoms with van der Waals surface area (Å²) in [5.74, 6) is 1.39. The van der Waals surface area contributed by atoms with Gasteiger partial charge in [-0.25, -0.2) is 4.79 Å². The summed E-state index contributed by atoms with van der Waals surface area (Å²) in [6, 6.07) is 9.03. The molecule has 1 amide bonds. The number of alkyl carbamates (subject to hydrolysis) is 1. The fourth-order valence-electron chi connectivity index (χ4n) is 2.27. The molecule has 0 spiro atoms. The zero-order chi connectivity index (χ0) is 19.8. The molecule has 8 heteroatoms. The molecule has 0 aliphatic carbocycles. The lowest BCUT2D eigenvalue weighted by Gasteiger charge is -2.10. The van der Waals surface area contributed by atoms with Crippen molar-refractivity contribution in [1.29, 1.82) is 0 Å². The van der Waals surface area contributed by atoms with E-state index >= 15 is 0 Å². The Morgan fingerprint density at radius 1 is 1.15 bits per heavy atom. The number of methoxy groups -OCH3 is 3. The van der Waals surface area contributed by atoms with Crippen LogP contribution >= 0.6 is 0 Å². The number of rotatable bonds is 7. The van der Waals surface area contributed by atoms with Crippen LogP contribution in [0.2, 0.25) is 0 Å². The number of pyridine rings is 1. The van der Waals surface area contributed by atoms with Crippen molar-refractivity contribution in [3.05, 3.63) is 47.0 Å². The number of aryl methyl sites for hydroxylation is 1. The maximum absolute atomic E-state index is 11.2. The van der Waals surface area contributed by atoms with Gasteiger partial charge in [-0.15, -0.1) is 0 Å². The number of nitrogens with zero attached hydrogens (tertiary/aromatic N) is 2. The molecule has 1 heterocycles. The van der Waals surface area contributed by atoms with E-state index < -0.39 is 6.09 Å². The van der Waals surface area contributed by atoms with Crippen LogP contribution < -0.4 is 19.6 Å². The lowest BCUT2D eigenvalue weighted by atomic mass is 10.1. The highest BCUT2D eigenvalue weighted by atomic mass is 16.6. The van der Waals surface area contributed by atoms with Gasteiger partial charge < -0.3 is 24.4 Å². The third kappa shape index (κ3) is 5.34. The van der Waals surface area contributed by atoms with E-state index in [1.54, 1.807) is 25.1 Å². The summed E-state index contributed by atoms with van der Waals surface area (Å²) in [6.07, 6.45) is -0.492. The summed E-state index contributed by atoms with van der Waals surface area (Å²) in [5, 5.41) is 6.80. The quantitative estimate of drug-likeness (QED) is 0.592. The first-order valence-electron chi connectivity index (χ1n) is 8.20. The summed E-state index contributed by atoms with van der Waals surface area (Å²) in [6.45, 7) is 4.06. The molecule has 144 valence electrons. The number of benzene rings is 1. The molecule has 0 unspecified atom stereocenters. The van der Waals surface area contributed by atoms with Crippen molar-refractivity contribution >= 4 is 11.8 Å². The van der Waals surface area contributed by atoms with Crippen LogP contribution in [-0.2, 0) is 11.3 Å². The molecular weight excluding hydrogens is 350 g/mol. The van der Waals surface area contributed by atoms with Crippen LogP contribution in [0.3, 0.4) is 0 Å². The third-order valence-electron chi connectivity index (χ3n) is 3.84. The molecule has 0 atom stereocenters. The third-order valence-corrected chi connectivity index (χ3v) is 3.84. The lowest BCUT2D eigenvalue weighted by Crippen LogP contribution is -2.22. The van der Waals surface area contributed by atoms with Gasteiger partial charge in [-0.05, 0) is 43.2 Å². The SMILES string of the molecule is COC(=O)NCc1cc(ON=C(C)c2ccc(OC)nc2OC)ccc1C. The lowest BCUT2D eigenvalue weighted by molar-refractivity contribution is 0.170. The van der Waals surface area contributed by atoms with Gasteiger partial charge in [0.15, 0.2) is 5.75 Å². The van der Waals surface area contributed by atoms with Crippen molar-refractivity contribution in [2.75, 3.05) is 21.3 Å². The van der Waals surface area contributed by atoms with Crippen LogP contribution in [0.25, 0.3) is 0 Å². The number of hydrogen-bond acceptors (Lipinski definition) is 7. The van der Waals surface area contributed by atoms with Gasteiger partial charge in [-0.3, -0.25) is 0 Å². The van der Waals surface area contributed by atoms with E-state index in [1.165, 1.54) is 21.3 Å². The Kier molecular flexibility index (Phi) is 6.99. The standard InChI is InChI=1S/C19H23N3O5/c1-12-6-7-15(10-14(12)11-20-19(23)26-5)27-22-13(2)16-8-9-17(24-3)21-18(16)25-4/h6-10H,11H2,1-5H3,(H,20,23). The smallest absolute Gasteiger partial charge is 0.407 e. The average molecular weight is 373 g/mol. The Morgan fingerprint density at radius 3 is 2.59 bits per heavy atom. The number of oxime groups is 1. The number of hydrogen-bond donors (Lipinski definition) is 1. The minimum Gasteiger partial charge on any atom is -0.481 e. The predicted octanol–water partition coefficient (Wildman–Crippen LogP) is 3.07. The van der Waals surface area contributed by atoms with Crippen LogP contribution in [0.5, 0.6) is 17.5 Å². The molecule has 0 aliphatic rings.